The summed E-state index contributed by atoms with van der Waals surface area (Å²) in [5.41, 5.74) is 4.87. The monoisotopic (exact) mass is 294 g/mol. The van der Waals surface area contributed by atoms with Crippen LogP contribution in [-0.4, -0.2) is 26.3 Å². The van der Waals surface area contributed by atoms with Gasteiger partial charge in [-0.2, -0.15) is 0 Å². The molecule has 1 saturated heterocycles. The maximum atomic E-state index is 5.73. The van der Waals surface area contributed by atoms with Gasteiger partial charge in [-0.05, 0) is 37.1 Å². The molecule has 2 radical (unpaired) electrons. The minimum atomic E-state index is 0.725. The van der Waals surface area contributed by atoms with Gasteiger partial charge in [0.25, 0.3) is 0 Å². The van der Waals surface area contributed by atoms with E-state index in [1.165, 1.54) is 22.5 Å². The van der Waals surface area contributed by atoms with Gasteiger partial charge in [-0.3, -0.25) is 0 Å². The van der Waals surface area contributed by atoms with Gasteiger partial charge in [0.1, 0.15) is 0 Å². The van der Waals surface area contributed by atoms with Crippen molar-refractivity contribution in [1.82, 2.24) is 0 Å². The van der Waals surface area contributed by atoms with Crippen molar-refractivity contribution < 1.29 is 4.74 Å². The van der Waals surface area contributed by atoms with Gasteiger partial charge in [0.05, 0.1) is 13.2 Å². The second-order valence-corrected chi connectivity index (χ2v) is 5.59. The molecule has 1 aliphatic heterocycles. The molecule has 0 unspecified atom stereocenters. The van der Waals surface area contributed by atoms with Crippen LogP contribution in [0, 0.1) is 20.5 Å². The van der Waals surface area contributed by atoms with Gasteiger partial charge in [0.2, 0.25) is 6.67 Å². The largest absolute Gasteiger partial charge is 0.378 e. The van der Waals surface area contributed by atoms with Crippen molar-refractivity contribution in [3.05, 3.63) is 66.3 Å². The molecule has 0 amide bonds. The minimum Gasteiger partial charge on any atom is -0.378 e. The average molecular weight is 294 g/mol. The molecule has 0 aromatic heterocycles. The second-order valence-electron chi connectivity index (χ2n) is 5.59. The van der Waals surface area contributed by atoms with Gasteiger partial charge >= 0.3 is 0 Å². The van der Waals surface area contributed by atoms with E-state index in [4.69, 9.17) is 4.74 Å². The lowest BCUT2D eigenvalue weighted by Crippen LogP contribution is -2.40. The SMILES string of the molecule is Cc1ccccc1N1[C]N(c2ccccc2C)CCOCC1. The van der Waals surface area contributed by atoms with Crippen LogP contribution in [0.5, 0.6) is 0 Å². The molecule has 3 nitrogen and oxygen atoms in total. The van der Waals surface area contributed by atoms with E-state index in [0.717, 1.165) is 26.3 Å². The Hall–Kier alpha value is -2.00. The predicted molar refractivity (Wildman–Crippen MR) is 91.1 cm³/mol. The van der Waals surface area contributed by atoms with Gasteiger partial charge in [-0.15, -0.1) is 0 Å². The fourth-order valence-corrected chi connectivity index (χ4v) is 2.74. The zero-order valence-electron chi connectivity index (χ0n) is 13.2. The van der Waals surface area contributed by atoms with Gasteiger partial charge < -0.3 is 14.5 Å². The van der Waals surface area contributed by atoms with E-state index in [1.807, 2.05) is 0 Å². The van der Waals surface area contributed by atoms with Crippen LogP contribution in [0.15, 0.2) is 48.5 Å². The number of hydrogen-bond donors (Lipinski definition) is 0. The molecule has 0 saturated carbocycles. The van der Waals surface area contributed by atoms with Gasteiger partial charge in [0, 0.05) is 24.5 Å². The first-order valence-electron chi connectivity index (χ1n) is 7.76. The minimum absolute atomic E-state index is 0.725. The summed E-state index contributed by atoms with van der Waals surface area (Å²) in [6, 6.07) is 16.8. The third-order valence-electron chi connectivity index (χ3n) is 3.97. The number of ether oxygens (including phenoxy) is 1. The van der Waals surface area contributed by atoms with Crippen molar-refractivity contribution in [2.75, 3.05) is 36.1 Å². The van der Waals surface area contributed by atoms with E-state index in [-0.39, 0.29) is 0 Å². The third kappa shape index (κ3) is 3.25. The fraction of sp³-hybridized carbons (Fsp3) is 0.316. The van der Waals surface area contributed by atoms with Crippen molar-refractivity contribution in [2.45, 2.75) is 13.8 Å². The maximum Gasteiger partial charge on any atom is 0.208 e. The molecule has 1 fully saturated rings. The van der Waals surface area contributed by atoms with E-state index in [2.05, 4.69) is 78.8 Å². The first-order chi connectivity index (χ1) is 10.8. The summed E-state index contributed by atoms with van der Waals surface area (Å²) < 4.78 is 5.73. The topological polar surface area (TPSA) is 15.7 Å². The Kier molecular flexibility index (Phi) is 4.64. The standard InChI is InChI=1S/C19H22N2O/c1-16-7-3-5-9-18(16)20-11-13-22-14-12-21(15-20)19-10-6-4-8-17(19)2/h3-10H,11-14H2,1-2H3. The lowest BCUT2D eigenvalue weighted by Gasteiger charge is -2.34. The van der Waals surface area contributed by atoms with Crippen LogP contribution in [0.3, 0.4) is 0 Å². The molecule has 114 valence electrons. The Morgan fingerprint density at radius 1 is 0.773 bits per heavy atom. The number of aryl methyl sites for hydroxylation is 2. The molecule has 0 atom stereocenters. The van der Waals surface area contributed by atoms with Crippen LogP contribution in [0.2, 0.25) is 0 Å². The molecular weight excluding hydrogens is 272 g/mol. The number of rotatable bonds is 2. The number of nitrogens with zero attached hydrogens (tertiary/aromatic N) is 2. The molecule has 1 heterocycles. The summed E-state index contributed by atoms with van der Waals surface area (Å²) >= 11 is 0. The Bertz CT molecular complexity index is 573. The lowest BCUT2D eigenvalue weighted by atomic mass is 10.1. The summed E-state index contributed by atoms with van der Waals surface area (Å²) in [7, 11) is 0. The van der Waals surface area contributed by atoms with Crippen molar-refractivity contribution in [3.8, 4) is 0 Å². The second kappa shape index (κ2) is 6.84. The molecule has 3 heteroatoms. The predicted octanol–water partition coefficient (Wildman–Crippen LogP) is 3.64. The Morgan fingerprint density at radius 2 is 1.23 bits per heavy atom. The molecule has 2 aromatic carbocycles. The highest BCUT2D eigenvalue weighted by Crippen LogP contribution is 2.26. The van der Waals surface area contributed by atoms with Gasteiger partial charge in [-0.1, -0.05) is 36.4 Å². The Morgan fingerprint density at radius 3 is 1.68 bits per heavy atom. The highest BCUT2D eigenvalue weighted by molar-refractivity contribution is 5.60. The van der Waals surface area contributed by atoms with E-state index < -0.39 is 0 Å². The number of anilines is 2. The molecule has 0 spiro atoms. The molecular formula is C19H22N2O. The average Bonchev–Trinajstić information content (AvgIpc) is 2.49. The van der Waals surface area contributed by atoms with Crippen LogP contribution < -0.4 is 9.80 Å². The molecule has 0 bridgehead atoms. The highest BCUT2D eigenvalue weighted by Gasteiger charge is 2.19. The van der Waals surface area contributed by atoms with Crippen molar-refractivity contribution in [1.29, 1.82) is 0 Å². The van der Waals surface area contributed by atoms with E-state index in [9.17, 15) is 0 Å². The third-order valence-corrected chi connectivity index (χ3v) is 3.97. The zero-order valence-corrected chi connectivity index (χ0v) is 13.2. The summed E-state index contributed by atoms with van der Waals surface area (Å²) in [5.74, 6) is 0. The van der Waals surface area contributed by atoms with Crippen molar-refractivity contribution in [3.63, 3.8) is 0 Å². The molecule has 0 aliphatic carbocycles. The van der Waals surface area contributed by atoms with Crippen LogP contribution >= 0.6 is 0 Å². The molecule has 22 heavy (non-hydrogen) atoms. The Labute approximate surface area is 133 Å². The normalized spacial score (nSPS) is 16.3. The lowest BCUT2D eigenvalue weighted by molar-refractivity contribution is 0.142. The first-order valence-corrected chi connectivity index (χ1v) is 7.76. The van der Waals surface area contributed by atoms with E-state index in [0.29, 0.717) is 0 Å². The molecule has 0 N–H and O–H groups in total. The molecule has 3 rings (SSSR count). The van der Waals surface area contributed by atoms with Crippen molar-refractivity contribution >= 4 is 11.4 Å². The zero-order chi connectivity index (χ0) is 15.4. The summed E-state index contributed by atoms with van der Waals surface area (Å²) in [4.78, 5) is 4.34. The fourth-order valence-electron chi connectivity index (χ4n) is 2.74. The summed E-state index contributed by atoms with van der Waals surface area (Å²) in [6.07, 6.45) is 0. The van der Waals surface area contributed by atoms with Crippen molar-refractivity contribution in [2.24, 2.45) is 0 Å². The number of para-hydroxylation sites is 2. The van der Waals surface area contributed by atoms with Crippen LogP contribution in [-0.2, 0) is 4.74 Å². The first kappa shape index (κ1) is 14.9. The van der Waals surface area contributed by atoms with E-state index in [1.54, 1.807) is 0 Å². The maximum absolute atomic E-state index is 5.73. The molecule has 2 aromatic rings. The van der Waals surface area contributed by atoms with Gasteiger partial charge in [-0.25, -0.2) is 0 Å². The highest BCUT2D eigenvalue weighted by atomic mass is 16.5. The molecule has 1 aliphatic rings. The van der Waals surface area contributed by atoms with Crippen LogP contribution in [0.1, 0.15) is 11.1 Å². The van der Waals surface area contributed by atoms with Gasteiger partial charge in [0.15, 0.2) is 0 Å². The van der Waals surface area contributed by atoms with E-state index >= 15 is 0 Å². The van der Waals surface area contributed by atoms with Crippen LogP contribution in [0.25, 0.3) is 0 Å². The summed E-state index contributed by atoms with van der Waals surface area (Å²) in [5, 5.41) is 0. The Balaban J connectivity index is 1.88. The number of benzene rings is 2. The smallest absolute Gasteiger partial charge is 0.208 e. The quantitative estimate of drug-likeness (QED) is 0.841. The summed E-state index contributed by atoms with van der Waals surface area (Å²) in [6.45, 7) is 10.9. The number of hydrogen-bond acceptors (Lipinski definition) is 3. The van der Waals surface area contributed by atoms with Crippen LogP contribution in [0.4, 0.5) is 11.4 Å².